The average Bonchev–Trinajstić information content (AvgIpc) is 3.45. The molecule has 0 spiro atoms. The van der Waals surface area contributed by atoms with Gasteiger partial charge in [0.05, 0.1) is 18.7 Å². The fraction of sp³-hybridized carbons (Fsp3) is 0.217. The van der Waals surface area contributed by atoms with Crippen LogP contribution in [0.5, 0.6) is 5.75 Å². The molecule has 0 saturated carbocycles. The van der Waals surface area contributed by atoms with Crippen LogP contribution in [0.4, 0.5) is 4.39 Å². The zero-order valence-electron chi connectivity index (χ0n) is 17.5. The molecule has 1 amide bonds. The van der Waals surface area contributed by atoms with Crippen LogP contribution in [0, 0.1) is 5.82 Å². The van der Waals surface area contributed by atoms with E-state index in [1.807, 2.05) is 36.6 Å². The molecule has 7 nitrogen and oxygen atoms in total. The third-order valence-corrected chi connectivity index (χ3v) is 5.54. The van der Waals surface area contributed by atoms with Gasteiger partial charge in [-0.25, -0.2) is 9.37 Å². The molecular weight excluding hydrogens is 431 g/mol. The molecule has 1 N–H and O–H groups in total. The van der Waals surface area contributed by atoms with Crippen molar-refractivity contribution in [1.29, 1.82) is 0 Å². The average molecular weight is 453 g/mol. The van der Waals surface area contributed by atoms with Crippen molar-refractivity contribution >= 4 is 17.2 Å². The Balaban J connectivity index is 1.35. The summed E-state index contributed by atoms with van der Waals surface area (Å²) in [6.45, 7) is 4.31. The van der Waals surface area contributed by atoms with E-state index in [1.165, 1.54) is 23.5 Å². The van der Waals surface area contributed by atoms with Gasteiger partial charge in [0, 0.05) is 16.5 Å². The second-order valence-corrected chi connectivity index (χ2v) is 7.89. The number of hydrogen-bond donors (Lipinski definition) is 1. The molecule has 1 unspecified atom stereocenters. The van der Waals surface area contributed by atoms with Crippen LogP contribution in [0.1, 0.15) is 31.5 Å². The number of rotatable bonds is 8. The summed E-state index contributed by atoms with van der Waals surface area (Å²) >= 11 is 1.48. The van der Waals surface area contributed by atoms with Gasteiger partial charge in [0.2, 0.25) is 17.6 Å². The highest BCUT2D eigenvalue weighted by Gasteiger charge is 2.18. The number of nitrogens with one attached hydrogen (secondary N) is 1. The second-order valence-electron chi connectivity index (χ2n) is 7.03. The van der Waals surface area contributed by atoms with E-state index in [-0.39, 0.29) is 24.0 Å². The van der Waals surface area contributed by atoms with Gasteiger partial charge in [0.25, 0.3) is 0 Å². The fourth-order valence-electron chi connectivity index (χ4n) is 3.03. The van der Waals surface area contributed by atoms with Gasteiger partial charge in [0.1, 0.15) is 22.6 Å². The minimum absolute atomic E-state index is 0.136. The molecule has 2 aromatic carbocycles. The maximum absolute atomic E-state index is 13.1. The molecule has 2 heterocycles. The monoisotopic (exact) mass is 452 g/mol. The molecule has 4 aromatic rings. The highest BCUT2D eigenvalue weighted by molar-refractivity contribution is 7.13. The Labute approximate surface area is 188 Å². The maximum Gasteiger partial charge on any atom is 0.249 e. The van der Waals surface area contributed by atoms with Crippen molar-refractivity contribution in [3.63, 3.8) is 0 Å². The fourth-order valence-corrected chi connectivity index (χ4v) is 3.85. The van der Waals surface area contributed by atoms with Crippen LogP contribution >= 0.6 is 11.3 Å². The minimum Gasteiger partial charge on any atom is -0.494 e. The Morgan fingerprint density at radius 2 is 1.84 bits per heavy atom. The van der Waals surface area contributed by atoms with E-state index in [0.29, 0.717) is 23.7 Å². The molecule has 0 radical (unpaired) electrons. The molecule has 9 heteroatoms. The van der Waals surface area contributed by atoms with E-state index in [2.05, 4.69) is 20.4 Å². The lowest BCUT2D eigenvalue weighted by Crippen LogP contribution is -2.28. The number of carbonyl (C=O) groups is 1. The number of hydrogen-bond acceptors (Lipinski definition) is 7. The van der Waals surface area contributed by atoms with Gasteiger partial charge in [-0.1, -0.05) is 5.16 Å². The summed E-state index contributed by atoms with van der Waals surface area (Å²) in [5, 5.41) is 9.45. The number of aromatic nitrogens is 3. The number of ether oxygens (including phenoxy) is 1. The third kappa shape index (κ3) is 5.17. The Morgan fingerprint density at radius 3 is 2.56 bits per heavy atom. The van der Waals surface area contributed by atoms with Crippen molar-refractivity contribution in [2.75, 3.05) is 6.61 Å². The number of amides is 1. The van der Waals surface area contributed by atoms with Gasteiger partial charge in [-0.05, 0) is 62.4 Å². The van der Waals surface area contributed by atoms with Gasteiger partial charge in [0.15, 0.2) is 0 Å². The zero-order valence-corrected chi connectivity index (χ0v) is 18.4. The highest BCUT2D eigenvalue weighted by atomic mass is 32.1. The molecule has 4 rings (SSSR count). The van der Waals surface area contributed by atoms with Gasteiger partial charge in [-0.15, -0.1) is 11.3 Å². The molecule has 2 aromatic heterocycles. The van der Waals surface area contributed by atoms with E-state index in [1.54, 1.807) is 19.1 Å². The molecule has 0 bridgehead atoms. The predicted octanol–water partition coefficient (Wildman–Crippen LogP) is 4.82. The van der Waals surface area contributed by atoms with E-state index in [9.17, 15) is 9.18 Å². The summed E-state index contributed by atoms with van der Waals surface area (Å²) in [5.41, 5.74) is 2.28. The SMILES string of the molecule is CCOc1ccc(-c2nc(CC(=O)NC(C)c3nc(-c4ccc(F)cc4)no3)cs2)cc1. The summed E-state index contributed by atoms with van der Waals surface area (Å²) < 4.78 is 23.8. The van der Waals surface area contributed by atoms with E-state index in [4.69, 9.17) is 9.26 Å². The van der Waals surface area contributed by atoms with Crippen LogP contribution in [0.3, 0.4) is 0 Å². The molecule has 0 fully saturated rings. The van der Waals surface area contributed by atoms with Crippen LogP contribution in [0.25, 0.3) is 22.0 Å². The lowest BCUT2D eigenvalue weighted by atomic mass is 10.2. The minimum atomic E-state index is -0.478. The first kappa shape index (κ1) is 21.6. The van der Waals surface area contributed by atoms with E-state index >= 15 is 0 Å². The van der Waals surface area contributed by atoms with Crippen molar-refractivity contribution in [2.24, 2.45) is 0 Å². The molecule has 164 valence electrons. The third-order valence-electron chi connectivity index (χ3n) is 4.60. The largest absolute Gasteiger partial charge is 0.494 e. The lowest BCUT2D eigenvalue weighted by Gasteiger charge is -2.08. The predicted molar refractivity (Wildman–Crippen MR) is 119 cm³/mol. The first-order chi connectivity index (χ1) is 15.5. The number of benzene rings is 2. The Morgan fingerprint density at radius 1 is 1.12 bits per heavy atom. The van der Waals surface area contributed by atoms with E-state index < -0.39 is 6.04 Å². The molecular formula is C23H21FN4O3S. The zero-order chi connectivity index (χ0) is 22.5. The standard InChI is InChI=1S/C23H21FN4O3S/c1-3-30-19-10-6-16(7-11-19)23-26-18(13-32-23)12-20(29)25-14(2)22-27-21(28-31-22)15-4-8-17(24)9-5-15/h4-11,13-14H,3,12H2,1-2H3,(H,25,29). The van der Waals surface area contributed by atoms with Gasteiger partial charge in [-0.3, -0.25) is 4.79 Å². The van der Waals surface area contributed by atoms with E-state index in [0.717, 1.165) is 16.3 Å². The normalized spacial score (nSPS) is 11.8. The van der Waals surface area contributed by atoms with Crippen molar-refractivity contribution in [3.05, 3.63) is 71.3 Å². The van der Waals surface area contributed by atoms with Crippen LogP contribution in [-0.4, -0.2) is 27.6 Å². The number of carbonyl (C=O) groups excluding carboxylic acids is 1. The second kappa shape index (κ2) is 9.69. The van der Waals surface area contributed by atoms with Crippen LogP contribution in [0.2, 0.25) is 0 Å². The van der Waals surface area contributed by atoms with Gasteiger partial charge < -0.3 is 14.6 Å². The Bertz CT molecular complexity index is 1190. The first-order valence-corrected chi connectivity index (χ1v) is 11.0. The highest BCUT2D eigenvalue weighted by Crippen LogP contribution is 2.26. The number of nitrogens with zero attached hydrogens (tertiary/aromatic N) is 3. The summed E-state index contributed by atoms with van der Waals surface area (Å²) in [6, 6.07) is 13.0. The molecule has 0 aliphatic rings. The quantitative estimate of drug-likeness (QED) is 0.412. The Hall–Kier alpha value is -3.59. The summed E-state index contributed by atoms with van der Waals surface area (Å²) in [4.78, 5) is 21.3. The van der Waals surface area contributed by atoms with Gasteiger partial charge in [-0.2, -0.15) is 4.98 Å². The first-order valence-electron chi connectivity index (χ1n) is 10.1. The van der Waals surface area contributed by atoms with Gasteiger partial charge >= 0.3 is 0 Å². The maximum atomic E-state index is 13.1. The molecule has 1 atom stereocenters. The molecule has 0 aliphatic heterocycles. The van der Waals surface area contributed by atoms with Crippen molar-refractivity contribution in [3.8, 4) is 27.7 Å². The van der Waals surface area contributed by atoms with Crippen molar-refractivity contribution in [2.45, 2.75) is 26.3 Å². The summed E-state index contributed by atoms with van der Waals surface area (Å²) in [6.07, 6.45) is 0.136. The van der Waals surface area contributed by atoms with Crippen LogP contribution in [0.15, 0.2) is 58.4 Å². The molecule has 32 heavy (non-hydrogen) atoms. The lowest BCUT2D eigenvalue weighted by molar-refractivity contribution is -0.121. The molecule has 0 aliphatic carbocycles. The number of thiazole rings is 1. The summed E-state index contributed by atoms with van der Waals surface area (Å²) in [7, 11) is 0. The Kier molecular flexibility index (Phi) is 6.55. The van der Waals surface area contributed by atoms with Crippen molar-refractivity contribution < 1.29 is 18.4 Å². The smallest absolute Gasteiger partial charge is 0.249 e. The summed E-state index contributed by atoms with van der Waals surface area (Å²) in [5.74, 6) is 0.866. The van der Waals surface area contributed by atoms with Crippen LogP contribution < -0.4 is 10.1 Å². The number of halogens is 1. The van der Waals surface area contributed by atoms with Crippen LogP contribution in [-0.2, 0) is 11.2 Å². The van der Waals surface area contributed by atoms with Crippen molar-refractivity contribution in [1.82, 2.24) is 20.4 Å². The molecule has 0 saturated heterocycles. The topological polar surface area (TPSA) is 90.1 Å².